The zero-order valence-electron chi connectivity index (χ0n) is 12.7. The average Bonchev–Trinajstić information content (AvgIpc) is 2.45. The van der Waals surface area contributed by atoms with E-state index in [1.54, 1.807) is 5.56 Å². The highest BCUT2D eigenvalue weighted by molar-refractivity contribution is 6.81. The molecule has 0 N–H and O–H groups in total. The lowest BCUT2D eigenvalue weighted by Crippen LogP contribution is -2.39. The van der Waals surface area contributed by atoms with E-state index in [0.29, 0.717) is 0 Å². The van der Waals surface area contributed by atoms with Gasteiger partial charge in [-0.25, -0.2) is 0 Å². The van der Waals surface area contributed by atoms with Crippen LogP contribution in [-0.2, 0) is 0 Å². The molecule has 0 aliphatic rings. The Bertz CT molecular complexity index is 305. The van der Waals surface area contributed by atoms with Gasteiger partial charge in [0.2, 0.25) is 0 Å². The van der Waals surface area contributed by atoms with E-state index in [4.69, 9.17) is 0 Å². The molecule has 102 valence electrons. The molecule has 1 atom stereocenters. The zero-order valence-corrected chi connectivity index (χ0v) is 13.7. The van der Waals surface area contributed by atoms with Crippen molar-refractivity contribution in [1.29, 1.82) is 0 Å². The van der Waals surface area contributed by atoms with Crippen LogP contribution in [0.2, 0.25) is 18.1 Å². The maximum Gasteiger partial charge on any atom is 0.0604 e. The van der Waals surface area contributed by atoms with Crippen molar-refractivity contribution in [1.82, 2.24) is 0 Å². The largest absolute Gasteiger partial charge is 0.0677 e. The molecule has 0 spiro atoms. The van der Waals surface area contributed by atoms with E-state index in [-0.39, 0.29) is 0 Å². The Kier molecular flexibility index (Phi) is 6.70. The smallest absolute Gasteiger partial charge is 0.0604 e. The van der Waals surface area contributed by atoms with Crippen LogP contribution in [0.5, 0.6) is 0 Å². The van der Waals surface area contributed by atoms with E-state index in [2.05, 4.69) is 58.0 Å². The van der Waals surface area contributed by atoms with Gasteiger partial charge in [-0.3, -0.25) is 0 Å². The highest BCUT2D eigenvalue weighted by atomic mass is 28.3. The summed E-state index contributed by atoms with van der Waals surface area (Å²) in [4.78, 5) is 0. The summed E-state index contributed by atoms with van der Waals surface area (Å²) in [5, 5.41) is 0. The predicted molar refractivity (Wildman–Crippen MR) is 85.9 cm³/mol. The van der Waals surface area contributed by atoms with Crippen molar-refractivity contribution in [3.63, 3.8) is 0 Å². The summed E-state index contributed by atoms with van der Waals surface area (Å²) in [6.45, 7) is 9.61. The zero-order chi connectivity index (χ0) is 13.4. The Morgan fingerprint density at radius 1 is 0.889 bits per heavy atom. The lowest BCUT2D eigenvalue weighted by atomic mass is 10.1. The molecule has 1 unspecified atom stereocenters. The van der Waals surface area contributed by atoms with Crippen LogP contribution < -0.4 is 0 Å². The summed E-state index contributed by atoms with van der Waals surface area (Å²) in [5.74, 6) is 0. The minimum atomic E-state index is -1.12. The van der Waals surface area contributed by atoms with Crippen molar-refractivity contribution in [2.24, 2.45) is 0 Å². The van der Waals surface area contributed by atoms with E-state index in [0.717, 1.165) is 5.54 Å². The first-order chi connectivity index (χ1) is 8.74. The topological polar surface area (TPSA) is 0 Å². The summed E-state index contributed by atoms with van der Waals surface area (Å²) in [7, 11) is -1.12. The second kappa shape index (κ2) is 7.78. The highest BCUT2D eigenvalue weighted by Gasteiger charge is 2.36. The van der Waals surface area contributed by atoms with Gasteiger partial charge in [0.05, 0.1) is 8.07 Å². The van der Waals surface area contributed by atoms with Gasteiger partial charge < -0.3 is 0 Å². The molecule has 0 aliphatic heterocycles. The first-order valence-electron chi connectivity index (χ1n) is 7.79. The Morgan fingerprint density at radius 3 is 1.89 bits per heavy atom. The number of hydrogen-bond acceptors (Lipinski definition) is 0. The first kappa shape index (κ1) is 15.5. The van der Waals surface area contributed by atoms with Gasteiger partial charge >= 0.3 is 0 Å². The summed E-state index contributed by atoms with van der Waals surface area (Å²) < 4.78 is 0. The van der Waals surface area contributed by atoms with Gasteiger partial charge in [0.1, 0.15) is 0 Å². The minimum absolute atomic E-state index is 0.874. The van der Waals surface area contributed by atoms with Gasteiger partial charge in [0.25, 0.3) is 0 Å². The van der Waals surface area contributed by atoms with E-state index in [1.165, 1.54) is 37.4 Å². The van der Waals surface area contributed by atoms with Crippen molar-refractivity contribution in [3.8, 4) is 0 Å². The second-order valence-corrected chi connectivity index (χ2v) is 11.1. The van der Waals surface area contributed by atoms with Gasteiger partial charge in [0.15, 0.2) is 0 Å². The number of unbranched alkanes of at least 4 members (excludes halogenated alkanes) is 1. The van der Waals surface area contributed by atoms with Crippen LogP contribution in [0.3, 0.4) is 0 Å². The van der Waals surface area contributed by atoms with Crippen LogP contribution in [0.1, 0.15) is 58.1 Å². The van der Waals surface area contributed by atoms with Crippen LogP contribution in [0, 0.1) is 0 Å². The molecule has 0 bridgehead atoms. The molecule has 0 saturated carbocycles. The summed E-state index contributed by atoms with van der Waals surface area (Å²) in [5.41, 5.74) is 2.49. The monoisotopic (exact) mass is 262 g/mol. The molecule has 0 heterocycles. The van der Waals surface area contributed by atoms with E-state index < -0.39 is 8.07 Å². The quantitative estimate of drug-likeness (QED) is 0.503. The lowest BCUT2D eigenvalue weighted by Gasteiger charge is -2.38. The Morgan fingerprint density at radius 2 is 1.44 bits per heavy atom. The molecule has 0 amide bonds. The third-order valence-corrected chi connectivity index (χ3v) is 11.2. The first-order valence-corrected chi connectivity index (χ1v) is 10.5. The van der Waals surface area contributed by atoms with Gasteiger partial charge in [0, 0.05) is 0 Å². The number of rotatable bonds is 8. The Hall–Kier alpha value is -0.563. The van der Waals surface area contributed by atoms with Crippen LogP contribution in [0.15, 0.2) is 30.3 Å². The summed E-state index contributed by atoms with van der Waals surface area (Å²) in [6.07, 6.45) is 4.11. The standard InChI is InChI=1S/C17H30Si/c1-5-9-15-17(16-13-11-10-12-14-16)18(6-2,7-3)8-4/h10-14,17H,5-9,15H2,1-4H3. The predicted octanol–water partition coefficient (Wildman–Crippen LogP) is 6.01. The molecule has 0 fully saturated rings. The molecule has 1 aromatic rings. The van der Waals surface area contributed by atoms with Gasteiger partial charge in [-0.15, -0.1) is 0 Å². The molecule has 1 heteroatoms. The number of benzene rings is 1. The molecular weight excluding hydrogens is 232 g/mol. The van der Waals surface area contributed by atoms with Crippen molar-refractivity contribution < 1.29 is 0 Å². The van der Waals surface area contributed by atoms with Crippen LogP contribution >= 0.6 is 0 Å². The van der Waals surface area contributed by atoms with Gasteiger partial charge in [-0.1, -0.05) is 89.0 Å². The normalized spacial score (nSPS) is 13.6. The molecule has 0 aliphatic carbocycles. The molecule has 0 radical (unpaired) electrons. The van der Waals surface area contributed by atoms with Gasteiger partial charge in [-0.05, 0) is 17.5 Å². The summed E-state index contributed by atoms with van der Waals surface area (Å²) >= 11 is 0. The molecule has 1 aromatic carbocycles. The van der Waals surface area contributed by atoms with Crippen LogP contribution in [0.25, 0.3) is 0 Å². The minimum Gasteiger partial charge on any atom is -0.0677 e. The summed E-state index contributed by atoms with van der Waals surface area (Å²) in [6, 6.07) is 15.6. The third-order valence-electron chi connectivity index (χ3n) is 4.90. The van der Waals surface area contributed by atoms with Crippen LogP contribution in [-0.4, -0.2) is 8.07 Å². The van der Waals surface area contributed by atoms with Crippen LogP contribution in [0.4, 0.5) is 0 Å². The Labute approximate surface area is 115 Å². The van der Waals surface area contributed by atoms with Crippen molar-refractivity contribution in [2.45, 2.75) is 70.6 Å². The van der Waals surface area contributed by atoms with Crippen molar-refractivity contribution in [3.05, 3.63) is 35.9 Å². The van der Waals surface area contributed by atoms with Gasteiger partial charge in [-0.2, -0.15) is 0 Å². The lowest BCUT2D eigenvalue weighted by molar-refractivity contribution is 0.674. The maximum absolute atomic E-state index is 2.43. The number of hydrogen-bond donors (Lipinski definition) is 0. The molecule has 0 saturated heterocycles. The van der Waals surface area contributed by atoms with Crippen molar-refractivity contribution in [2.75, 3.05) is 0 Å². The third kappa shape index (κ3) is 3.47. The second-order valence-electron chi connectivity index (χ2n) is 5.53. The highest BCUT2D eigenvalue weighted by Crippen LogP contribution is 2.39. The Balaban J connectivity index is 3.03. The maximum atomic E-state index is 2.43. The fraction of sp³-hybridized carbons (Fsp3) is 0.647. The molecule has 0 nitrogen and oxygen atoms in total. The SMILES string of the molecule is CCCCC(c1ccccc1)[Si](CC)(CC)CC. The van der Waals surface area contributed by atoms with E-state index in [9.17, 15) is 0 Å². The molecular formula is C17H30Si. The van der Waals surface area contributed by atoms with E-state index in [1.807, 2.05) is 0 Å². The fourth-order valence-electron chi connectivity index (χ4n) is 3.41. The molecule has 18 heavy (non-hydrogen) atoms. The van der Waals surface area contributed by atoms with Crippen molar-refractivity contribution >= 4 is 8.07 Å². The average molecular weight is 263 g/mol. The fourth-order valence-corrected chi connectivity index (χ4v) is 8.10. The molecule has 0 aromatic heterocycles. The van der Waals surface area contributed by atoms with E-state index >= 15 is 0 Å². The molecule has 1 rings (SSSR count).